The van der Waals surface area contributed by atoms with Gasteiger partial charge >= 0.3 is 0 Å². The molecule has 27 heavy (non-hydrogen) atoms. The second-order valence-electron chi connectivity index (χ2n) is 7.35. The number of sulfonamides is 1. The Morgan fingerprint density at radius 1 is 1.00 bits per heavy atom. The van der Waals surface area contributed by atoms with E-state index < -0.39 is 10.0 Å². The molecule has 0 radical (unpaired) electrons. The van der Waals surface area contributed by atoms with Crippen molar-refractivity contribution in [3.8, 4) is 0 Å². The largest absolute Gasteiger partial charge is 0.349 e. The Morgan fingerprint density at radius 2 is 1.74 bits per heavy atom. The van der Waals surface area contributed by atoms with E-state index in [-0.39, 0.29) is 16.8 Å². The van der Waals surface area contributed by atoms with Crippen LogP contribution in [0.15, 0.2) is 59.5 Å². The van der Waals surface area contributed by atoms with Gasteiger partial charge in [-0.2, -0.15) is 0 Å². The number of amides is 1. The zero-order valence-electron chi connectivity index (χ0n) is 15.7. The summed E-state index contributed by atoms with van der Waals surface area (Å²) >= 11 is 0. The first-order valence-corrected chi connectivity index (χ1v) is 10.8. The van der Waals surface area contributed by atoms with Crippen LogP contribution in [-0.4, -0.2) is 20.4 Å². The Morgan fingerprint density at radius 3 is 2.48 bits per heavy atom. The first-order valence-electron chi connectivity index (χ1n) is 9.35. The Hall–Kier alpha value is -2.34. The topological polar surface area (TPSA) is 75.3 Å². The van der Waals surface area contributed by atoms with Crippen molar-refractivity contribution in [3.05, 3.63) is 60.2 Å². The molecule has 0 saturated heterocycles. The number of nitrogens with one attached hydrogen (secondary N) is 2. The molecule has 0 spiro atoms. The summed E-state index contributed by atoms with van der Waals surface area (Å²) in [5, 5.41) is 3.12. The average Bonchev–Trinajstić information content (AvgIpc) is 2.66. The number of hydrogen-bond acceptors (Lipinski definition) is 3. The van der Waals surface area contributed by atoms with Crippen molar-refractivity contribution in [2.24, 2.45) is 11.8 Å². The second kappa shape index (κ2) is 8.13. The lowest BCUT2D eigenvalue weighted by atomic mass is 9.78. The summed E-state index contributed by atoms with van der Waals surface area (Å²) in [6.07, 6.45) is 3.30. The van der Waals surface area contributed by atoms with Crippen molar-refractivity contribution < 1.29 is 13.2 Å². The summed E-state index contributed by atoms with van der Waals surface area (Å²) in [6.45, 7) is 4.40. The molecule has 3 unspecified atom stereocenters. The number of carbonyl (C=O) groups excluding carboxylic acids is 1. The zero-order valence-corrected chi connectivity index (χ0v) is 16.5. The second-order valence-corrected chi connectivity index (χ2v) is 9.03. The Kier molecular flexibility index (Phi) is 5.85. The quantitative estimate of drug-likeness (QED) is 0.814. The van der Waals surface area contributed by atoms with Gasteiger partial charge in [-0.25, -0.2) is 8.42 Å². The fraction of sp³-hybridized carbons (Fsp3) is 0.381. The highest BCUT2D eigenvalue weighted by Gasteiger charge is 2.28. The fourth-order valence-corrected chi connectivity index (χ4v) is 4.65. The molecule has 1 aliphatic carbocycles. The summed E-state index contributed by atoms with van der Waals surface area (Å²) in [4.78, 5) is 12.8. The number of anilines is 1. The summed E-state index contributed by atoms with van der Waals surface area (Å²) in [5.41, 5.74) is 0.824. The van der Waals surface area contributed by atoms with E-state index in [1.165, 1.54) is 18.6 Å². The van der Waals surface area contributed by atoms with Crippen molar-refractivity contribution in [2.45, 2.75) is 44.0 Å². The maximum absolute atomic E-state index is 12.7. The molecule has 1 amide bonds. The van der Waals surface area contributed by atoms with Gasteiger partial charge in [-0.3, -0.25) is 9.52 Å². The fourth-order valence-electron chi connectivity index (χ4n) is 3.58. The molecule has 1 aliphatic rings. The average molecular weight is 387 g/mol. The number of hydrogen-bond donors (Lipinski definition) is 2. The lowest BCUT2D eigenvalue weighted by Crippen LogP contribution is -2.43. The first-order chi connectivity index (χ1) is 12.9. The van der Waals surface area contributed by atoms with E-state index in [4.69, 9.17) is 0 Å². The van der Waals surface area contributed by atoms with Gasteiger partial charge in [0.2, 0.25) is 0 Å². The number of rotatable bonds is 5. The summed E-state index contributed by atoms with van der Waals surface area (Å²) < 4.78 is 27.5. The monoisotopic (exact) mass is 386 g/mol. The molecule has 6 heteroatoms. The lowest BCUT2D eigenvalue weighted by Gasteiger charge is -2.34. The van der Waals surface area contributed by atoms with Gasteiger partial charge in [0.05, 0.1) is 4.90 Å². The van der Waals surface area contributed by atoms with E-state index in [9.17, 15) is 13.2 Å². The molecule has 2 aromatic rings. The van der Waals surface area contributed by atoms with Crippen LogP contribution in [0.5, 0.6) is 0 Å². The summed E-state index contributed by atoms with van der Waals surface area (Å²) in [6, 6.07) is 14.9. The standard InChI is InChI=1S/C21H26N2O3S/c1-15-8-6-13-20(16(15)2)22-21(24)17-9-7-10-18(14-17)23-27(25,26)19-11-4-3-5-12-19/h3-5,7,9-12,14-16,20,23H,6,8,13H2,1-2H3,(H,22,24). The third-order valence-electron chi connectivity index (χ3n) is 5.45. The minimum absolute atomic E-state index is 0.158. The van der Waals surface area contributed by atoms with Gasteiger partial charge in [-0.1, -0.05) is 51.0 Å². The third-order valence-corrected chi connectivity index (χ3v) is 6.85. The van der Waals surface area contributed by atoms with Gasteiger partial charge in [0.25, 0.3) is 15.9 Å². The van der Waals surface area contributed by atoms with E-state index >= 15 is 0 Å². The number of carbonyl (C=O) groups is 1. The van der Waals surface area contributed by atoms with Crippen LogP contribution in [0.2, 0.25) is 0 Å². The SMILES string of the molecule is CC1CCCC(NC(=O)c2cccc(NS(=O)(=O)c3ccccc3)c2)C1C. The maximum Gasteiger partial charge on any atom is 0.261 e. The van der Waals surface area contributed by atoms with Crippen molar-refractivity contribution in [3.63, 3.8) is 0 Å². The third kappa shape index (κ3) is 4.69. The minimum atomic E-state index is -3.68. The zero-order chi connectivity index (χ0) is 19.4. The maximum atomic E-state index is 12.7. The van der Waals surface area contributed by atoms with Gasteiger partial charge in [-0.05, 0) is 48.6 Å². The van der Waals surface area contributed by atoms with Crippen LogP contribution >= 0.6 is 0 Å². The lowest BCUT2D eigenvalue weighted by molar-refractivity contribution is 0.0891. The molecular formula is C21H26N2O3S. The highest BCUT2D eigenvalue weighted by Crippen LogP contribution is 2.29. The molecule has 2 N–H and O–H groups in total. The van der Waals surface area contributed by atoms with E-state index in [1.54, 1.807) is 42.5 Å². The van der Waals surface area contributed by atoms with Crippen molar-refractivity contribution >= 4 is 21.6 Å². The highest BCUT2D eigenvalue weighted by molar-refractivity contribution is 7.92. The molecule has 3 rings (SSSR count). The number of benzene rings is 2. The molecule has 0 heterocycles. The van der Waals surface area contributed by atoms with Gasteiger partial charge in [0, 0.05) is 17.3 Å². The van der Waals surface area contributed by atoms with Crippen LogP contribution in [0.1, 0.15) is 43.5 Å². The van der Waals surface area contributed by atoms with Crippen molar-refractivity contribution in [1.29, 1.82) is 0 Å². The summed E-state index contributed by atoms with van der Waals surface area (Å²) in [7, 11) is -3.68. The van der Waals surface area contributed by atoms with E-state index in [2.05, 4.69) is 23.9 Å². The van der Waals surface area contributed by atoms with E-state index in [0.717, 1.165) is 12.8 Å². The van der Waals surface area contributed by atoms with Crippen LogP contribution in [0, 0.1) is 11.8 Å². The molecular weight excluding hydrogens is 360 g/mol. The molecule has 2 aromatic carbocycles. The van der Waals surface area contributed by atoms with E-state index in [0.29, 0.717) is 23.1 Å². The van der Waals surface area contributed by atoms with Gasteiger partial charge in [-0.15, -0.1) is 0 Å². The van der Waals surface area contributed by atoms with Crippen LogP contribution in [0.3, 0.4) is 0 Å². The molecule has 0 bridgehead atoms. The van der Waals surface area contributed by atoms with Gasteiger partial charge in [0.1, 0.15) is 0 Å². The molecule has 0 aromatic heterocycles. The minimum Gasteiger partial charge on any atom is -0.349 e. The van der Waals surface area contributed by atoms with E-state index in [1.807, 2.05) is 0 Å². The van der Waals surface area contributed by atoms with Crippen molar-refractivity contribution in [2.75, 3.05) is 4.72 Å². The van der Waals surface area contributed by atoms with Gasteiger partial charge in [0.15, 0.2) is 0 Å². The van der Waals surface area contributed by atoms with Crippen LogP contribution in [0.25, 0.3) is 0 Å². The Labute approximate surface area is 161 Å². The molecule has 3 atom stereocenters. The Bertz CT molecular complexity index is 897. The molecule has 144 valence electrons. The predicted molar refractivity (Wildman–Crippen MR) is 107 cm³/mol. The smallest absolute Gasteiger partial charge is 0.261 e. The van der Waals surface area contributed by atoms with Crippen LogP contribution < -0.4 is 10.0 Å². The molecule has 1 saturated carbocycles. The molecule has 0 aliphatic heterocycles. The van der Waals surface area contributed by atoms with Crippen LogP contribution in [-0.2, 0) is 10.0 Å². The first kappa shape index (κ1) is 19.4. The van der Waals surface area contributed by atoms with Gasteiger partial charge < -0.3 is 5.32 Å². The van der Waals surface area contributed by atoms with Crippen molar-refractivity contribution in [1.82, 2.24) is 5.32 Å². The highest BCUT2D eigenvalue weighted by atomic mass is 32.2. The predicted octanol–water partition coefficient (Wildman–Crippen LogP) is 4.04. The summed E-state index contributed by atoms with van der Waals surface area (Å²) in [5.74, 6) is 0.859. The normalized spacial score (nSPS) is 22.8. The molecule has 5 nitrogen and oxygen atoms in total. The Balaban J connectivity index is 1.72. The van der Waals surface area contributed by atoms with Crippen LogP contribution in [0.4, 0.5) is 5.69 Å². The molecule has 1 fully saturated rings.